The van der Waals surface area contributed by atoms with Crippen molar-refractivity contribution in [1.29, 1.82) is 5.26 Å². The van der Waals surface area contributed by atoms with Crippen molar-refractivity contribution in [3.63, 3.8) is 0 Å². The van der Waals surface area contributed by atoms with Crippen LogP contribution in [0.4, 0.5) is 15.8 Å². The third-order valence-electron chi connectivity index (χ3n) is 4.21. The first kappa shape index (κ1) is 21.2. The maximum Gasteiger partial charge on any atom is 0.269 e. The lowest BCUT2D eigenvalue weighted by Gasteiger charge is -2.07. The molecule has 3 aromatic rings. The zero-order chi connectivity index (χ0) is 22.2. The molecule has 0 aromatic heterocycles. The van der Waals surface area contributed by atoms with Crippen molar-refractivity contribution in [3.05, 3.63) is 105 Å². The van der Waals surface area contributed by atoms with Crippen LogP contribution in [0.25, 0.3) is 6.08 Å². The molecule has 3 aromatic carbocycles. The van der Waals surface area contributed by atoms with Crippen LogP contribution in [-0.4, -0.2) is 10.8 Å². The molecule has 8 heteroatoms. The Morgan fingerprint density at radius 3 is 2.29 bits per heavy atom. The number of nitriles is 1. The van der Waals surface area contributed by atoms with Gasteiger partial charge in [-0.2, -0.15) is 5.26 Å². The lowest BCUT2D eigenvalue weighted by Crippen LogP contribution is -2.13. The first-order chi connectivity index (χ1) is 14.9. The summed E-state index contributed by atoms with van der Waals surface area (Å²) in [6.45, 7) is 0.274. The van der Waals surface area contributed by atoms with Crippen LogP contribution < -0.4 is 10.1 Å². The summed E-state index contributed by atoms with van der Waals surface area (Å²) in [6.07, 6.45) is 1.42. The van der Waals surface area contributed by atoms with Gasteiger partial charge in [0.15, 0.2) is 0 Å². The normalized spacial score (nSPS) is 10.8. The molecule has 0 aliphatic rings. The fourth-order valence-corrected chi connectivity index (χ4v) is 2.59. The van der Waals surface area contributed by atoms with E-state index in [-0.39, 0.29) is 23.7 Å². The van der Waals surface area contributed by atoms with E-state index >= 15 is 0 Å². The molecule has 0 spiro atoms. The highest BCUT2D eigenvalue weighted by Crippen LogP contribution is 2.18. The van der Waals surface area contributed by atoms with Gasteiger partial charge in [-0.1, -0.05) is 24.3 Å². The van der Waals surface area contributed by atoms with Crippen LogP contribution in [0.3, 0.4) is 0 Å². The second-order valence-electron chi connectivity index (χ2n) is 6.41. The standard InChI is InChI=1S/C23H16FN3O4/c24-19-5-1-17(2-6-19)15-31-22-11-3-16(4-12-22)13-18(14-25)23(28)26-20-7-9-21(10-8-20)27(29)30/h1-13H,15H2,(H,26,28)/b18-13+. The van der Waals surface area contributed by atoms with E-state index < -0.39 is 10.8 Å². The second kappa shape index (κ2) is 9.80. The Morgan fingerprint density at radius 2 is 1.71 bits per heavy atom. The summed E-state index contributed by atoms with van der Waals surface area (Å²) in [5.41, 5.74) is 1.54. The number of hydrogen-bond acceptors (Lipinski definition) is 5. The highest BCUT2D eigenvalue weighted by Gasteiger charge is 2.11. The fraction of sp³-hybridized carbons (Fsp3) is 0.0435. The summed E-state index contributed by atoms with van der Waals surface area (Å²) in [7, 11) is 0. The second-order valence-corrected chi connectivity index (χ2v) is 6.41. The first-order valence-electron chi connectivity index (χ1n) is 9.09. The zero-order valence-electron chi connectivity index (χ0n) is 16.1. The van der Waals surface area contributed by atoms with Crippen molar-refractivity contribution < 1.29 is 18.8 Å². The molecule has 0 bridgehead atoms. The molecule has 1 amide bonds. The molecule has 0 aliphatic carbocycles. The number of benzene rings is 3. The van der Waals surface area contributed by atoms with Gasteiger partial charge in [-0.3, -0.25) is 14.9 Å². The van der Waals surface area contributed by atoms with E-state index in [9.17, 15) is 24.6 Å². The van der Waals surface area contributed by atoms with Gasteiger partial charge in [-0.25, -0.2) is 4.39 Å². The minimum Gasteiger partial charge on any atom is -0.489 e. The minimum atomic E-state index is -0.631. The number of halogens is 1. The van der Waals surface area contributed by atoms with Gasteiger partial charge < -0.3 is 10.1 Å². The lowest BCUT2D eigenvalue weighted by atomic mass is 10.1. The smallest absolute Gasteiger partial charge is 0.269 e. The van der Waals surface area contributed by atoms with Crippen LogP contribution in [0.15, 0.2) is 78.4 Å². The summed E-state index contributed by atoms with van der Waals surface area (Å²) in [6, 6.07) is 19.9. The molecule has 31 heavy (non-hydrogen) atoms. The number of nitrogens with zero attached hydrogens (tertiary/aromatic N) is 2. The van der Waals surface area contributed by atoms with Crippen LogP contribution in [-0.2, 0) is 11.4 Å². The van der Waals surface area contributed by atoms with Crippen molar-refractivity contribution in [2.45, 2.75) is 6.61 Å². The number of nitro groups is 1. The lowest BCUT2D eigenvalue weighted by molar-refractivity contribution is -0.384. The number of anilines is 1. The Kier molecular flexibility index (Phi) is 6.71. The summed E-state index contributed by atoms with van der Waals surface area (Å²) in [5.74, 6) is -0.367. The number of amides is 1. The Labute approximate surface area is 177 Å². The Hall–Kier alpha value is -4.51. The third kappa shape index (κ3) is 5.98. The number of non-ortho nitro benzene ring substituents is 1. The molecule has 7 nitrogen and oxygen atoms in total. The van der Waals surface area contributed by atoms with Crippen LogP contribution in [0.5, 0.6) is 5.75 Å². The van der Waals surface area contributed by atoms with Gasteiger partial charge in [0, 0.05) is 17.8 Å². The number of rotatable bonds is 7. The van der Waals surface area contributed by atoms with Gasteiger partial charge in [0.1, 0.15) is 29.8 Å². The van der Waals surface area contributed by atoms with Gasteiger partial charge in [0.05, 0.1) is 4.92 Å². The molecule has 0 saturated carbocycles. The zero-order valence-corrected chi connectivity index (χ0v) is 16.1. The van der Waals surface area contributed by atoms with Gasteiger partial charge >= 0.3 is 0 Å². The largest absolute Gasteiger partial charge is 0.489 e. The predicted molar refractivity (Wildman–Crippen MR) is 112 cm³/mol. The monoisotopic (exact) mass is 417 g/mol. The van der Waals surface area contributed by atoms with Gasteiger partial charge in [-0.05, 0) is 53.6 Å². The summed E-state index contributed by atoms with van der Waals surface area (Å²) in [4.78, 5) is 22.5. The van der Waals surface area contributed by atoms with E-state index in [4.69, 9.17) is 4.74 Å². The summed E-state index contributed by atoms with van der Waals surface area (Å²) in [5, 5.41) is 22.5. The van der Waals surface area contributed by atoms with Gasteiger partial charge in [-0.15, -0.1) is 0 Å². The van der Waals surface area contributed by atoms with Gasteiger partial charge in [0.25, 0.3) is 11.6 Å². The quantitative estimate of drug-likeness (QED) is 0.256. The number of ether oxygens (including phenoxy) is 1. The van der Waals surface area contributed by atoms with E-state index in [0.29, 0.717) is 17.0 Å². The van der Waals surface area contributed by atoms with Crippen LogP contribution in [0.2, 0.25) is 0 Å². The topological polar surface area (TPSA) is 105 Å². The Balaban J connectivity index is 1.63. The Bertz CT molecular complexity index is 1150. The molecule has 0 heterocycles. The molecule has 0 radical (unpaired) electrons. The van der Waals surface area contributed by atoms with Crippen LogP contribution >= 0.6 is 0 Å². The fourth-order valence-electron chi connectivity index (χ4n) is 2.59. The molecular formula is C23H16FN3O4. The molecular weight excluding hydrogens is 401 g/mol. The highest BCUT2D eigenvalue weighted by molar-refractivity contribution is 6.09. The molecule has 0 saturated heterocycles. The number of carbonyl (C=O) groups excluding carboxylic acids is 1. The Morgan fingerprint density at radius 1 is 1.06 bits per heavy atom. The molecule has 3 rings (SSSR count). The number of nitrogens with one attached hydrogen (secondary N) is 1. The van der Waals surface area contributed by atoms with E-state index in [1.54, 1.807) is 36.4 Å². The number of carbonyl (C=O) groups is 1. The maximum atomic E-state index is 12.9. The molecule has 0 unspecified atom stereocenters. The average Bonchev–Trinajstić information content (AvgIpc) is 2.78. The molecule has 154 valence electrons. The van der Waals surface area contributed by atoms with Crippen molar-refractivity contribution in [2.24, 2.45) is 0 Å². The van der Waals surface area contributed by atoms with E-state index in [1.807, 2.05) is 6.07 Å². The third-order valence-corrected chi connectivity index (χ3v) is 4.21. The van der Waals surface area contributed by atoms with Crippen LogP contribution in [0.1, 0.15) is 11.1 Å². The molecule has 1 N–H and O–H groups in total. The number of hydrogen-bond donors (Lipinski definition) is 1. The van der Waals surface area contributed by atoms with Crippen LogP contribution in [0, 0.1) is 27.3 Å². The van der Waals surface area contributed by atoms with E-state index in [0.717, 1.165) is 5.56 Å². The average molecular weight is 417 g/mol. The summed E-state index contributed by atoms with van der Waals surface area (Å²) >= 11 is 0. The first-order valence-corrected chi connectivity index (χ1v) is 9.09. The predicted octanol–water partition coefficient (Wildman–Crippen LogP) is 4.86. The van der Waals surface area contributed by atoms with Crippen molar-refractivity contribution in [1.82, 2.24) is 0 Å². The molecule has 0 atom stereocenters. The van der Waals surface area contributed by atoms with E-state index in [1.165, 1.54) is 42.5 Å². The molecule has 0 fully saturated rings. The van der Waals surface area contributed by atoms with Gasteiger partial charge in [0.2, 0.25) is 0 Å². The SMILES string of the molecule is N#C/C(=C\c1ccc(OCc2ccc(F)cc2)cc1)C(=O)Nc1ccc([N+](=O)[O-])cc1. The van der Waals surface area contributed by atoms with Crippen molar-refractivity contribution in [3.8, 4) is 11.8 Å². The van der Waals surface area contributed by atoms with Crippen molar-refractivity contribution in [2.75, 3.05) is 5.32 Å². The van der Waals surface area contributed by atoms with E-state index in [2.05, 4.69) is 5.32 Å². The minimum absolute atomic E-state index is 0.101. The number of nitro benzene ring substituents is 1. The maximum absolute atomic E-state index is 12.9. The highest BCUT2D eigenvalue weighted by atomic mass is 19.1. The van der Waals surface area contributed by atoms with Crippen molar-refractivity contribution >= 4 is 23.4 Å². The summed E-state index contributed by atoms with van der Waals surface area (Å²) < 4.78 is 18.6. The molecule has 0 aliphatic heterocycles.